The van der Waals surface area contributed by atoms with Crippen LogP contribution in [0.2, 0.25) is 0 Å². The number of hydrogen-bond donors (Lipinski definition) is 2. The highest BCUT2D eigenvalue weighted by atomic mass is 19.4. The molecule has 0 saturated heterocycles. The second-order valence-corrected chi connectivity index (χ2v) is 7.80. The zero-order valence-electron chi connectivity index (χ0n) is 18.6. The van der Waals surface area contributed by atoms with Crippen molar-refractivity contribution < 1.29 is 65.2 Å². The average molecular weight is 510 g/mol. The Hall–Kier alpha value is -2.54. The van der Waals surface area contributed by atoms with Crippen molar-refractivity contribution in [3.8, 4) is 0 Å². The van der Waals surface area contributed by atoms with Crippen LogP contribution in [0.4, 0.5) is 26.3 Å². The summed E-state index contributed by atoms with van der Waals surface area (Å²) in [6.45, 7) is 1.55. The van der Waals surface area contributed by atoms with Crippen LogP contribution in [0.15, 0.2) is 0 Å². The fourth-order valence-electron chi connectivity index (χ4n) is 3.43. The van der Waals surface area contributed by atoms with Gasteiger partial charge >= 0.3 is 36.2 Å². The van der Waals surface area contributed by atoms with Gasteiger partial charge in [0.2, 0.25) is 0 Å². The molecule has 0 heterocycles. The minimum absolute atomic E-state index is 0.00322. The number of carbonyl (C=O) groups is 4. The quantitative estimate of drug-likeness (QED) is 0.185. The first-order valence-corrected chi connectivity index (χ1v) is 10.5. The Balaban J connectivity index is 5.37. The molecule has 0 amide bonds. The van der Waals surface area contributed by atoms with Crippen molar-refractivity contribution in [1.82, 2.24) is 0 Å². The second-order valence-electron chi connectivity index (χ2n) is 7.80. The molecule has 0 aromatic carbocycles. The zero-order chi connectivity index (χ0) is 26.7. The molecular weight excluding hydrogens is 482 g/mol. The highest BCUT2D eigenvalue weighted by molar-refractivity contribution is 5.80. The third-order valence-corrected chi connectivity index (χ3v) is 5.36. The number of unbranched alkanes of at least 4 members (excludes halogenated alkanes) is 6. The lowest BCUT2D eigenvalue weighted by Gasteiger charge is -2.39. The molecule has 2 unspecified atom stereocenters. The number of rotatable bonds is 15. The largest absolute Gasteiger partial charge is 0.490 e. The molecular formula is C20H28F6O8. The highest BCUT2D eigenvalue weighted by Crippen LogP contribution is 2.39. The van der Waals surface area contributed by atoms with Crippen LogP contribution in [0.25, 0.3) is 0 Å². The Morgan fingerprint density at radius 3 is 1.35 bits per heavy atom. The number of alkyl halides is 6. The zero-order valence-corrected chi connectivity index (χ0v) is 18.6. The monoisotopic (exact) mass is 510 g/mol. The van der Waals surface area contributed by atoms with E-state index in [-0.39, 0.29) is 12.8 Å². The van der Waals surface area contributed by atoms with Crippen LogP contribution in [-0.4, -0.2) is 58.7 Å². The molecule has 198 valence electrons. The van der Waals surface area contributed by atoms with Crippen molar-refractivity contribution in [1.29, 1.82) is 0 Å². The first kappa shape index (κ1) is 31.5. The van der Waals surface area contributed by atoms with Crippen LogP contribution in [0.1, 0.15) is 71.6 Å². The molecule has 2 atom stereocenters. The second kappa shape index (κ2) is 13.4. The van der Waals surface area contributed by atoms with Gasteiger partial charge in [-0.2, -0.15) is 26.3 Å². The summed E-state index contributed by atoms with van der Waals surface area (Å²) in [5.74, 6) is -8.29. The number of hydrogen-bond acceptors (Lipinski definition) is 6. The van der Waals surface area contributed by atoms with Crippen molar-refractivity contribution in [2.24, 2.45) is 5.41 Å². The Morgan fingerprint density at radius 2 is 1.03 bits per heavy atom. The number of esters is 2. The third kappa shape index (κ3) is 10.2. The van der Waals surface area contributed by atoms with Gasteiger partial charge in [-0.3, -0.25) is 9.59 Å². The minimum Gasteiger partial charge on any atom is -0.481 e. The first-order chi connectivity index (χ1) is 15.5. The van der Waals surface area contributed by atoms with Gasteiger partial charge in [-0.1, -0.05) is 38.5 Å². The first-order valence-electron chi connectivity index (χ1n) is 10.5. The molecule has 2 N–H and O–H groups in total. The molecule has 0 aromatic rings. The van der Waals surface area contributed by atoms with Crippen molar-refractivity contribution in [2.45, 2.75) is 96.2 Å². The van der Waals surface area contributed by atoms with E-state index in [4.69, 9.17) is 5.11 Å². The molecule has 0 spiro atoms. The topological polar surface area (TPSA) is 127 Å². The standard InChI is InChI=1S/C20H28F6O8/c1-12(33-16(31)19(21,22)23)18(15(29)30,13(2)34-17(32)20(24,25)26)11-9-7-5-3-4-6-8-10-14(27)28/h12-13H,3-11H2,1-2H3,(H,27,28)(H,29,30). The number of carboxylic acid groups (broad SMARTS) is 2. The van der Waals surface area contributed by atoms with E-state index in [9.17, 15) is 50.6 Å². The van der Waals surface area contributed by atoms with Gasteiger partial charge in [0.25, 0.3) is 0 Å². The number of carboxylic acids is 2. The van der Waals surface area contributed by atoms with E-state index < -0.39 is 60.3 Å². The molecule has 14 heteroatoms. The molecule has 0 aliphatic rings. The number of aliphatic carboxylic acids is 2. The van der Waals surface area contributed by atoms with Crippen LogP contribution < -0.4 is 0 Å². The summed E-state index contributed by atoms with van der Waals surface area (Å²) in [6.07, 6.45) is -12.4. The summed E-state index contributed by atoms with van der Waals surface area (Å²) < 4.78 is 84.0. The van der Waals surface area contributed by atoms with Gasteiger partial charge < -0.3 is 19.7 Å². The molecule has 0 saturated carbocycles. The lowest BCUT2D eigenvalue weighted by Crippen LogP contribution is -2.53. The van der Waals surface area contributed by atoms with Gasteiger partial charge in [0.1, 0.15) is 17.6 Å². The molecule has 0 rings (SSSR count). The highest BCUT2D eigenvalue weighted by Gasteiger charge is 2.55. The van der Waals surface area contributed by atoms with Crippen LogP contribution in [0.3, 0.4) is 0 Å². The molecule has 0 radical (unpaired) electrons. The van der Waals surface area contributed by atoms with Gasteiger partial charge in [0.15, 0.2) is 0 Å². The van der Waals surface area contributed by atoms with Crippen molar-refractivity contribution >= 4 is 23.9 Å². The predicted molar refractivity (Wildman–Crippen MR) is 102 cm³/mol. The molecule has 0 bridgehead atoms. The summed E-state index contributed by atoms with van der Waals surface area (Å²) >= 11 is 0. The maximum Gasteiger partial charge on any atom is 0.490 e. The van der Waals surface area contributed by atoms with Gasteiger partial charge in [-0.25, -0.2) is 9.59 Å². The molecule has 34 heavy (non-hydrogen) atoms. The SMILES string of the molecule is CC(OC(=O)C(F)(F)F)C(CCCCCCCCCC(=O)O)(C(=O)O)C(C)OC(=O)C(F)(F)F. The summed E-state index contributed by atoms with van der Waals surface area (Å²) in [7, 11) is 0. The molecule has 0 aliphatic carbocycles. The predicted octanol–water partition coefficient (Wildman–Crippen LogP) is 4.64. The molecule has 0 aromatic heterocycles. The number of carbonyl (C=O) groups excluding carboxylic acids is 2. The van der Waals surface area contributed by atoms with E-state index in [0.717, 1.165) is 13.8 Å². The Morgan fingerprint density at radius 1 is 0.676 bits per heavy atom. The number of halogens is 6. The summed E-state index contributed by atoms with van der Waals surface area (Å²) in [4.78, 5) is 45.0. The van der Waals surface area contributed by atoms with E-state index in [0.29, 0.717) is 38.5 Å². The maximum absolute atomic E-state index is 12.6. The van der Waals surface area contributed by atoms with Crippen LogP contribution in [0.5, 0.6) is 0 Å². The van der Waals surface area contributed by atoms with Crippen molar-refractivity contribution in [3.05, 3.63) is 0 Å². The smallest absolute Gasteiger partial charge is 0.481 e. The van der Waals surface area contributed by atoms with E-state index in [2.05, 4.69) is 9.47 Å². The number of ether oxygens (including phenoxy) is 2. The lowest BCUT2D eigenvalue weighted by molar-refractivity contribution is -0.226. The minimum atomic E-state index is -5.48. The van der Waals surface area contributed by atoms with Crippen LogP contribution >= 0.6 is 0 Å². The van der Waals surface area contributed by atoms with Gasteiger partial charge in [0, 0.05) is 6.42 Å². The third-order valence-electron chi connectivity index (χ3n) is 5.36. The van der Waals surface area contributed by atoms with Crippen LogP contribution in [0, 0.1) is 5.41 Å². The normalized spacial score (nSPS) is 15.6. The summed E-state index contributed by atoms with van der Waals surface area (Å²) in [5.41, 5.74) is -2.58. The average Bonchev–Trinajstić information content (AvgIpc) is 2.67. The van der Waals surface area contributed by atoms with Gasteiger partial charge in [-0.05, 0) is 26.7 Å². The summed E-state index contributed by atoms with van der Waals surface area (Å²) in [6, 6.07) is 0. The van der Waals surface area contributed by atoms with Gasteiger partial charge in [-0.15, -0.1) is 0 Å². The van der Waals surface area contributed by atoms with Crippen LogP contribution in [-0.2, 0) is 28.7 Å². The fourth-order valence-corrected chi connectivity index (χ4v) is 3.43. The Kier molecular flexibility index (Phi) is 12.4. The Bertz CT molecular complexity index is 670. The fraction of sp³-hybridized carbons (Fsp3) is 0.800. The van der Waals surface area contributed by atoms with E-state index >= 15 is 0 Å². The van der Waals surface area contributed by atoms with E-state index in [1.165, 1.54) is 0 Å². The van der Waals surface area contributed by atoms with E-state index in [1.54, 1.807) is 0 Å². The van der Waals surface area contributed by atoms with Gasteiger partial charge in [0.05, 0.1) is 0 Å². The Labute approximate surface area is 191 Å². The molecule has 0 aliphatic heterocycles. The maximum atomic E-state index is 12.6. The lowest BCUT2D eigenvalue weighted by atomic mass is 9.73. The van der Waals surface area contributed by atoms with Crippen molar-refractivity contribution in [2.75, 3.05) is 0 Å². The van der Waals surface area contributed by atoms with E-state index in [1.807, 2.05) is 0 Å². The molecule has 8 nitrogen and oxygen atoms in total. The molecule has 0 fully saturated rings. The summed E-state index contributed by atoms with van der Waals surface area (Å²) in [5, 5.41) is 18.3. The van der Waals surface area contributed by atoms with Crippen molar-refractivity contribution in [3.63, 3.8) is 0 Å².